The minimum absolute atomic E-state index is 0. The number of aryl methyl sites for hydroxylation is 2. The van der Waals surface area contributed by atoms with Crippen molar-refractivity contribution in [1.29, 1.82) is 0 Å². The molecule has 0 aliphatic heterocycles. The van der Waals surface area contributed by atoms with E-state index in [0.717, 1.165) is 46.3 Å². The van der Waals surface area contributed by atoms with E-state index in [1.54, 1.807) is 0 Å². The van der Waals surface area contributed by atoms with Gasteiger partial charge in [0.05, 0.1) is 13.2 Å². The maximum atomic E-state index is 12.9. The first kappa shape index (κ1) is 22.8. The Labute approximate surface area is 170 Å². The average Bonchev–Trinajstić information content (AvgIpc) is 2.59. The molecule has 1 atom stereocenters. The summed E-state index contributed by atoms with van der Waals surface area (Å²) >= 11 is 0. The van der Waals surface area contributed by atoms with Gasteiger partial charge in [-0.25, -0.2) is 0 Å². The summed E-state index contributed by atoms with van der Waals surface area (Å²) in [6.07, 6.45) is 1.88. The average molecular weight is 365 g/mol. The first-order valence-electron chi connectivity index (χ1n) is 8.84. The maximum absolute atomic E-state index is 12.9. The van der Waals surface area contributed by atoms with Gasteiger partial charge in [-0.2, -0.15) is 0 Å². The number of carbonyl (C=O) groups excluding carboxylic acids is 1. The monoisotopic (exact) mass is 365 g/mol. The van der Waals surface area contributed by atoms with Crippen LogP contribution < -0.4 is 14.8 Å². The van der Waals surface area contributed by atoms with E-state index in [1.165, 1.54) is 0 Å². The van der Waals surface area contributed by atoms with Crippen LogP contribution in [0.15, 0.2) is 36.4 Å². The van der Waals surface area contributed by atoms with Crippen LogP contribution in [-0.4, -0.2) is 37.6 Å². The van der Waals surface area contributed by atoms with E-state index >= 15 is 0 Å². The van der Waals surface area contributed by atoms with Crippen molar-refractivity contribution in [2.75, 3.05) is 13.2 Å². The second-order valence-electron chi connectivity index (χ2n) is 6.08. The predicted octanol–water partition coefficient (Wildman–Crippen LogP) is 4.64. The molecule has 1 unspecified atom stereocenters. The molecule has 0 spiro atoms. The van der Waals surface area contributed by atoms with Crippen molar-refractivity contribution in [3.8, 4) is 11.5 Å². The van der Waals surface area contributed by atoms with Crippen molar-refractivity contribution < 1.29 is 14.3 Å². The Hall–Kier alpha value is -1.26. The molecule has 135 valence electrons. The summed E-state index contributed by atoms with van der Waals surface area (Å²) in [5.41, 5.74) is 3.03. The van der Waals surface area contributed by atoms with Crippen LogP contribution in [0.25, 0.3) is 0 Å². The van der Waals surface area contributed by atoms with Crippen LogP contribution >= 0.6 is 8.58 Å². The Kier molecular flexibility index (Phi) is 10.0. The molecule has 0 aliphatic carbocycles. The number of carbonyl (C=O) groups is 1. The molecule has 2 aromatic carbocycles. The van der Waals surface area contributed by atoms with E-state index in [1.807, 2.05) is 50.2 Å². The van der Waals surface area contributed by atoms with Gasteiger partial charge in [-0.3, -0.25) is 4.79 Å². The van der Waals surface area contributed by atoms with Crippen LogP contribution in [-0.2, 0) is 0 Å². The van der Waals surface area contributed by atoms with Gasteiger partial charge in [0.2, 0.25) is 0 Å². The van der Waals surface area contributed by atoms with Gasteiger partial charge in [0.15, 0.2) is 5.52 Å². The number of hydrogen-bond donors (Lipinski definition) is 0. The molecule has 0 heterocycles. The summed E-state index contributed by atoms with van der Waals surface area (Å²) in [6.45, 7) is 9.43. The number of rotatable bonds is 9. The normalized spacial score (nSPS) is 10.6. The molecule has 1 radical (unpaired) electrons. The van der Waals surface area contributed by atoms with Crippen molar-refractivity contribution >= 4 is 38.3 Å². The first-order valence-corrected chi connectivity index (χ1v) is 9.84. The van der Waals surface area contributed by atoms with Crippen molar-refractivity contribution in [2.24, 2.45) is 0 Å². The minimum Gasteiger partial charge on any atom is -0.493 e. The van der Waals surface area contributed by atoms with Gasteiger partial charge in [0.25, 0.3) is 0 Å². The van der Waals surface area contributed by atoms with Crippen molar-refractivity contribution in [1.82, 2.24) is 0 Å². The molecule has 2 rings (SSSR count). The van der Waals surface area contributed by atoms with E-state index in [2.05, 4.69) is 13.8 Å². The molecule has 5 heteroatoms. The first-order chi connectivity index (χ1) is 12.1. The van der Waals surface area contributed by atoms with Crippen molar-refractivity contribution in [3.05, 3.63) is 53.1 Å². The van der Waals surface area contributed by atoms with E-state index in [9.17, 15) is 4.79 Å². The molecule has 0 bridgehead atoms. The van der Waals surface area contributed by atoms with Crippen LogP contribution in [0.2, 0.25) is 0 Å². The summed E-state index contributed by atoms with van der Waals surface area (Å²) in [5, 5.41) is 0.935. The number of hydrogen-bond acceptors (Lipinski definition) is 3. The van der Waals surface area contributed by atoms with E-state index < -0.39 is 0 Å². The molecule has 0 N–H and O–H groups in total. The van der Waals surface area contributed by atoms with E-state index in [-0.39, 0.29) is 33.0 Å². The Morgan fingerprint density at radius 3 is 2.19 bits per heavy atom. The summed E-state index contributed by atoms with van der Waals surface area (Å²) in [4.78, 5) is 12.9. The largest absolute Gasteiger partial charge is 0.493 e. The minimum atomic E-state index is 0. The molecule has 0 fully saturated rings. The van der Waals surface area contributed by atoms with Gasteiger partial charge >= 0.3 is 0 Å². The third-order valence-corrected chi connectivity index (χ3v) is 5.00. The Morgan fingerprint density at radius 2 is 1.58 bits per heavy atom. The van der Waals surface area contributed by atoms with Crippen LogP contribution in [0.5, 0.6) is 11.5 Å². The fourth-order valence-corrected chi connectivity index (χ4v) is 3.80. The molecular weight excluding hydrogens is 338 g/mol. The van der Waals surface area contributed by atoms with Crippen molar-refractivity contribution in [2.45, 2.75) is 40.5 Å². The molecule has 0 saturated carbocycles. The quantitative estimate of drug-likeness (QED) is 0.480. The van der Waals surface area contributed by atoms with Crippen LogP contribution in [0, 0.1) is 13.8 Å². The van der Waals surface area contributed by atoms with Crippen LogP contribution in [0.1, 0.15) is 48.2 Å². The summed E-state index contributed by atoms with van der Waals surface area (Å²) < 4.78 is 11.6. The number of benzene rings is 2. The van der Waals surface area contributed by atoms with Crippen LogP contribution in [0.4, 0.5) is 0 Å². The molecule has 2 aromatic rings. The molecule has 3 nitrogen and oxygen atoms in total. The molecule has 0 saturated heterocycles. The molecule has 0 aliphatic rings. The van der Waals surface area contributed by atoms with Gasteiger partial charge in [-0.05, 0) is 58.5 Å². The zero-order valence-electron chi connectivity index (χ0n) is 16.5. The van der Waals surface area contributed by atoms with Gasteiger partial charge in [0.1, 0.15) is 11.5 Å². The summed E-state index contributed by atoms with van der Waals surface area (Å²) in [6, 6.07) is 11.8. The summed E-state index contributed by atoms with van der Waals surface area (Å²) in [5.74, 6) is 1.55. The second-order valence-corrected chi connectivity index (χ2v) is 7.32. The van der Waals surface area contributed by atoms with E-state index in [4.69, 9.17) is 9.47 Å². The van der Waals surface area contributed by atoms with Crippen LogP contribution in [0.3, 0.4) is 0 Å². The van der Waals surface area contributed by atoms with Gasteiger partial charge < -0.3 is 9.47 Å². The molecule has 0 aromatic heterocycles. The predicted molar refractivity (Wildman–Crippen MR) is 112 cm³/mol. The molecule has 0 amide bonds. The Balaban J connectivity index is 0.00000338. The number of ether oxygens (including phenoxy) is 2. The molecular formula is C21H27LiO3P. The zero-order chi connectivity index (χ0) is 18.2. The topological polar surface area (TPSA) is 35.5 Å². The summed E-state index contributed by atoms with van der Waals surface area (Å²) in [7, 11) is 0.0378. The standard InChI is InChI=1S/C21H27O3P.Li/c1-5-12-23-17-10-11-19(18(14-17)24-13-6-2)25-21(22)20-15(3)8-7-9-16(20)4;/h7-11,14,25H,5-6,12-13H2,1-4H3;. The Bertz CT molecular complexity index is 711. The third kappa shape index (κ3) is 6.17. The Morgan fingerprint density at radius 1 is 0.962 bits per heavy atom. The van der Waals surface area contributed by atoms with E-state index in [0.29, 0.717) is 13.2 Å². The fourth-order valence-electron chi connectivity index (χ4n) is 2.60. The zero-order valence-corrected chi connectivity index (χ0v) is 17.5. The molecule has 26 heavy (non-hydrogen) atoms. The SMILES string of the molecule is CCCOc1ccc(PC(=O)c2c(C)cccc2C)c(OCCC)c1.[Li]. The smallest absolute Gasteiger partial charge is 0.186 e. The van der Waals surface area contributed by atoms with Crippen molar-refractivity contribution in [3.63, 3.8) is 0 Å². The third-order valence-electron chi connectivity index (χ3n) is 3.84. The fraction of sp³-hybridized carbons (Fsp3) is 0.381. The van der Waals surface area contributed by atoms with Gasteiger partial charge in [-0.1, -0.05) is 32.0 Å². The van der Waals surface area contributed by atoms with Gasteiger partial charge in [0, 0.05) is 35.8 Å². The second kappa shape index (κ2) is 11.5. The van der Waals surface area contributed by atoms with Gasteiger partial charge in [-0.15, -0.1) is 0 Å². The maximum Gasteiger partial charge on any atom is 0.186 e.